The molecule has 1 amide bonds. The number of aryl methyl sites for hydroxylation is 1. The van der Waals surface area contributed by atoms with Crippen molar-refractivity contribution in [3.63, 3.8) is 0 Å². The monoisotopic (exact) mass is 515 g/mol. The van der Waals surface area contributed by atoms with Crippen molar-refractivity contribution >= 4 is 23.1 Å². The Hall–Kier alpha value is -4.46. The van der Waals surface area contributed by atoms with Crippen molar-refractivity contribution in [2.75, 3.05) is 32.3 Å². The van der Waals surface area contributed by atoms with Crippen LogP contribution in [0.15, 0.2) is 66.2 Å². The van der Waals surface area contributed by atoms with Crippen molar-refractivity contribution in [3.05, 3.63) is 82.9 Å². The van der Waals surface area contributed by atoms with Crippen molar-refractivity contribution in [3.8, 4) is 23.0 Å². The third-order valence-electron chi connectivity index (χ3n) is 6.77. The molecule has 1 atom stereocenters. The SMILES string of the molecule is CCOc1cc(C2/C(=C(\O)c3ccc4c(c3)CCCO4)C(=O)C(=O)N2c2ccccc2OC)ccc1OC. The zero-order chi connectivity index (χ0) is 26.8. The maximum atomic E-state index is 13.6. The van der Waals surface area contributed by atoms with E-state index in [0.29, 0.717) is 47.3 Å². The molecule has 8 heteroatoms. The molecule has 1 unspecified atom stereocenters. The number of fused-ring (bicyclic) bond motifs is 1. The van der Waals surface area contributed by atoms with Crippen LogP contribution >= 0.6 is 0 Å². The molecule has 3 aromatic carbocycles. The summed E-state index contributed by atoms with van der Waals surface area (Å²) in [5, 5.41) is 11.6. The van der Waals surface area contributed by atoms with Crippen LogP contribution in [0.4, 0.5) is 5.69 Å². The molecule has 8 nitrogen and oxygen atoms in total. The number of Topliss-reactive ketones (excluding diaryl/α,β-unsaturated/α-hetero) is 1. The zero-order valence-corrected chi connectivity index (χ0v) is 21.5. The summed E-state index contributed by atoms with van der Waals surface area (Å²) in [6.45, 7) is 2.89. The molecule has 1 N–H and O–H groups in total. The first-order valence-electron chi connectivity index (χ1n) is 12.5. The number of aliphatic hydroxyl groups is 1. The van der Waals surface area contributed by atoms with Crippen LogP contribution in [0.5, 0.6) is 23.0 Å². The van der Waals surface area contributed by atoms with E-state index in [1.165, 1.54) is 19.1 Å². The number of carbonyl (C=O) groups is 2. The van der Waals surface area contributed by atoms with Crippen molar-refractivity contribution in [1.82, 2.24) is 0 Å². The predicted octanol–water partition coefficient (Wildman–Crippen LogP) is 5.05. The minimum atomic E-state index is -0.941. The van der Waals surface area contributed by atoms with Gasteiger partial charge in [0.1, 0.15) is 17.3 Å². The number of methoxy groups -OCH3 is 2. The first kappa shape index (κ1) is 25.2. The van der Waals surface area contributed by atoms with Gasteiger partial charge in [0.25, 0.3) is 11.7 Å². The first-order chi connectivity index (χ1) is 18.5. The molecule has 0 saturated carbocycles. The van der Waals surface area contributed by atoms with E-state index in [9.17, 15) is 14.7 Å². The number of carbonyl (C=O) groups excluding carboxylic acids is 2. The summed E-state index contributed by atoms with van der Waals surface area (Å²) in [7, 11) is 3.04. The quantitative estimate of drug-likeness (QED) is 0.267. The lowest BCUT2D eigenvalue weighted by Crippen LogP contribution is -2.29. The average Bonchev–Trinajstić information content (AvgIpc) is 3.22. The molecule has 0 aromatic heterocycles. The molecule has 0 radical (unpaired) electrons. The highest BCUT2D eigenvalue weighted by atomic mass is 16.5. The van der Waals surface area contributed by atoms with Crippen molar-refractivity contribution in [2.45, 2.75) is 25.8 Å². The second-order valence-electron chi connectivity index (χ2n) is 8.96. The highest BCUT2D eigenvalue weighted by Crippen LogP contribution is 2.46. The van der Waals surface area contributed by atoms with Gasteiger partial charge in [-0.15, -0.1) is 0 Å². The molecule has 0 spiro atoms. The van der Waals surface area contributed by atoms with E-state index in [2.05, 4.69) is 0 Å². The summed E-state index contributed by atoms with van der Waals surface area (Å²) in [6, 6.07) is 16.5. The number of hydrogen-bond donors (Lipinski definition) is 1. The smallest absolute Gasteiger partial charge is 0.300 e. The minimum Gasteiger partial charge on any atom is -0.507 e. The number of ketones is 1. The van der Waals surface area contributed by atoms with Gasteiger partial charge in [0, 0.05) is 5.56 Å². The van der Waals surface area contributed by atoms with Gasteiger partial charge >= 0.3 is 0 Å². The Morgan fingerprint density at radius 3 is 2.55 bits per heavy atom. The van der Waals surface area contributed by atoms with Crippen molar-refractivity contribution < 1.29 is 33.6 Å². The number of aliphatic hydroxyl groups excluding tert-OH is 1. The molecule has 2 heterocycles. The fourth-order valence-electron chi connectivity index (χ4n) is 5.02. The lowest BCUT2D eigenvalue weighted by Gasteiger charge is -2.27. The van der Waals surface area contributed by atoms with Crippen molar-refractivity contribution in [2.24, 2.45) is 0 Å². The number of ether oxygens (including phenoxy) is 4. The maximum absolute atomic E-state index is 13.6. The molecule has 3 aromatic rings. The third-order valence-corrected chi connectivity index (χ3v) is 6.77. The fraction of sp³-hybridized carbons (Fsp3) is 0.267. The van der Waals surface area contributed by atoms with E-state index in [0.717, 1.165) is 24.2 Å². The van der Waals surface area contributed by atoms with E-state index in [4.69, 9.17) is 18.9 Å². The summed E-state index contributed by atoms with van der Waals surface area (Å²) < 4.78 is 22.4. The van der Waals surface area contributed by atoms with Crippen LogP contribution in [0, 0.1) is 0 Å². The summed E-state index contributed by atoms with van der Waals surface area (Å²) >= 11 is 0. The first-order valence-corrected chi connectivity index (χ1v) is 12.5. The molecular weight excluding hydrogens is 486 g/mol. The second kappa shape index (κ2) is 10.5. The molecule has 1 saturated heterocycles. The Labute approximate surface area is 221 Å². The standard InChI is InChI=1S/C30H29NO7/c1-4-37-25-17-19(11-14-24(25)36-3)27-26(28(32)20-12-13-22-18(16-20)8-7-15-38-22)29(33)30(34)31(27)21-9-5-6-10-23(21)35-2/h5-6,9-14,16-17,27,32H,4,7-8,15H2,1-3H3/b28-26+. The van der Waals surface area contributed by atoms with Gasteiger partial charge in [0.05, 0.1) is 44.7 Å². The predicted molar refractivity (Wildman–Crippen MR) is 142 cm³/mol. The summed E-state index contributed by atoms with van der Waals surface area (Å²) in [5.74, 6) is 0.341. The van der Waals surface area contributed by atoms with Gasteiger partial charge in [-0.25, -0.2) is 0 Å². The minimum absolute atomic E-state index is 0.0230. The van der Waals surface area contributed by atoms with Gasteiger partial charge in [-0.05, 0) is 73.4 Å². The Kier molecular flexibility index (Phi) is 6.96. The molecule has 1 fully saturated rings. The number of nitrogens with zero attached hydrogens (tertiary/aromatic N) is 1. The summed E-state index contributed by atoms with van der Waals surface area (Å²) in [4.78, 5) is 28.5. The molecule has 5 rings (SSSR count). The fourth-order valence-corrected chi connectivity index (χ4v) is 5.02. The summed E-state index contributed by atoms with van der Waals surface area (Å²) in [6.07, 6.45) is 1.66. The number of hydrogen-bond acceptors (Lipinski definition) is 7. The second-order valence-corrected chi connectivity index (χ2v) is 8.96. The normalized spacial score (nSPS) is 18.1. The Balaban J connectivity index is 1.73. The Bertz CT molecular complexity index is 1430. The van der Waals surface area contributed by atoms with Crippen LogP contribution in [0.2, 0.25) is 0 Å². The number of para-hydroxylation sites is 2. The van der Waals surface area contributed by atoms with Crippen LogP contribution < -0.4 is 23.8 Å². The zero-order valence-electron chi connectivity index (χ0n) is 21.5. The maximum Gasteiger partial charge on any atom is 0.300 e. The van der Waals surface area contributed by atoms with Crippen LogP contribution in [-0.4, -0.2) is 44.2 Å². The molecular formula is C30H29NO7. The van der Waals surface area contributed by atoms with E-state index >= 15 is 0 Å². The van der Waals surface area contributed by atoms with Gasteiger partial charge in [0.15, 0.2) is 11.5 Å². The molecule has 196 valence electrons. The largest absolute Gasteiger partial charge is 0.507 e. The highest BCUT2D eigenvalue weighted by Gasteiger charge is 2.48. The Morgan fingerprint density at radius 1 is 1.00 bits per heavy atom. The molecule has 2 aliphatic rings. The number of benzene rings is 3. The van der Waals surface area contributed by atoms with Crippen LogP contribution in [-0.2, 0) is 16.0 Å². The topological polar surface area (TPSA) is 94.5 Å². The van der Waals surface area contributed by atoms with Gasteiger partial charge < -0.3 is 24.1 Å². The number of rotatable bonds is 7. The van der Waals surface area contributed by atoms with E-state index in [1.54, 1.807) is 54.6 Å². The molecule has 2 aliphatic heterocycles. The van der Waals surface area contributed by atoms with Gasteiger partial charge in [-0.3, -0.25) is 14.5 Å². The van der Waals surface area contributed by atoms with E-state index in [1.807, 2.05) is 13.0 Å². The van der Waals surface area contributed by atoms with Gasteiger partial charge in [-0.1, -0.05) is 18.2 Å². The van der Waals surface area contributed by atoms with Gasteiger partial charge in [0.2, 0.25) is 0 Å². The lowest BCUT2D eigenvalue weighted by molar-refractivity contribution is -0.132. The van der Waals surface area contributed by atoms with Crippen LogP contribution in [0.1, 0.15) is 36.1 Å². The van der Waals surface area contributed by atoms with E-state index < -0.39 is 17.7 Å². The number of amides is 1. The molecule has 0 aliphatic carbocycles. The van der Waals surface area contributed by atoms with Gasteiger partial charge in [-0.2, -0.15) is 0 Å². The molecule has 38 heavy (non-hydrogen) atoms. The highest BCUT2D eigenvalue weighted by molar-refractivity contribution is 6.52. The third kappa shape index (κ3) is 4.32. The molecule has 0 bridgehead atoms. The Morgan fingerprint density at radius 2 is 1.79 bits per heavy atom. The lowest BCUT2D eigenvalue weighted by atomic mass is 9.93. The average molecular weight is 516 g/mol. The van der Waals surface area contributed by atoms with Crippen LogP contribution in [0.3, 0.4) is 0 Å². The number of anilines is 1. The van der Waals surface area contributed by atoms with Crippen LogP contribution in [0.25, 0.3) is 5.76 Å². The van der Waals surface area contributed by atoms with E-state index in [-0.39, 0.29) is 11.3 Å². The summed E-state index contributed by atoms with van der Waals surface area (Å²) in [5.41, 5.74) is 2.34. The van der Waals surface area contributed by atoms with Crippen molar-refractivity contribution in [1.29, 1.82) is 0 Å².